The van der Waals surface area contributed by atoms with Crippen LogP contribution in [0.25, 0.3) is 11.1 Å². The molecule has 0 saturated carbocycles. The van der Waals surface area contributed by atoms with Gasteiger partial charge < -0.3 is 9.88 Å². The highest BCUT2D eigenvalue weighted by atomic mass is 32.2. The number of nitrogens with one attached hydrogen (secondary N) is 2. The van der Waals surface area contributed by atoms with Crippen LogP contribution in [-0.4, -0.2) is 29.0 Å². The van der Waals surface area contributed by atoms with Gasteiger partial charge in [0.2, 0.25) is 0 Å². The maximum Gasteiger partial charge on any atom is 0.333 e. The van der Waals surface area contributed by atoms with Crippen molar-refractivity contribution in [2.24, 2.45) is 0 Å². The first-order chi connectivity index (χ1) is 13.8. The molecule has 9 nitrogen and oxygen atoms in total. The zero-order valence-corrected chi connectivity index (χ0v) is 16.5. The number of imidazole rings is 1. The van der Waals surface area contributed by atoms with E-state index in [2.05, 4.69) is 15.3 Å². The number of amides is 2. The summed E-state index contributed by atoms with van der Waals surface area (Å²) in [6.07, 6.45) is 4.23. The molecular weight excluding hydrogens is 392 g/mol. The number of benzene rings is 1. The molecule has 148 valence electrons. The van der Waals surface area contributed by atoms with Crippen LogP contribution in [0.3, 0.4) is 0 Å². The summed E-state index contributed by atoms with van der Waals surface area (Å²) in [5.41, 5.74) is 1.88. The van der Waals surface area contributed by atoms with Crippen molar-refractivity contribution in [1.29, 1.82) is 5.26 Å². The van der Waals surface area contributed by atoms with Crippen LogP contribution >= 0.6 is 0 Å². The van der Waals surface area contributed by atoms with Crippen molar-refractivity contribution in [1.82, 2.24) is 19.3 Å². The minimum absolute atomic E-state index is 0.0332. The van der Waals surface area contributed by atoms with Crippen LogP contribution in [0.4, 0.5) is 10.5 Å². The fourth-order valence-electron chi connectivity index (χ4n) is 2.56. The molecule has 3 aromatic rings. The number of carbonyl (C=O) groups excluding carboxylic acids is 1. The number of hydrogen-bond acceptors (Lipinski definition) is 6. The average molecular weight is 410 g/mol. The van der Waals surface area contributed by atoms with Gasteiger partial charge in [-0.25, -0.2) is 19.5 Å². The van der Waals surface area contributed by atoms with Gasteiger partial charge in [0.25, 0.3) is 10.0 Å². The summed E-state index contributed by atoms with van der Waals surface area (Å²) in [4.78, 5) is 20.1. The summed E-state index contributed by atoms with van der Waals surface area (Å²) < 4.78 is 28.4. The monoisotopic (exact) mass is 410 g/mol. The van der Waals surface area contributed by atoms with E-state index in [1.165, 1.54) is 18.7 Å². The number of nitrogens with zero attached hydrogens (tertiary/aromatic N) is 4. The topological polar surface area (TPSA) is 130 Å². The summed E-state index contributed by atoms with van der Waals surface area (Å²) >= 11 is 0. The third-order valence-electron chi connectivity index (χ3n) is 4.04. The lowest BCUT2D eigenvalue weighted by atomic mass is 10.0. The molecule has 2 amide bonds. The maximum absolute atomic E-state index is 12.4. The van der Waals surface area contributed by atoms with Crippen LogP contribution in [-0.2, 0) is 10.0 Å². The molecule has 0 spiro atoms. The molecule has 0 saturated heterocycles. The number of carbonyl (C=O) groups is 1. The van der Waals surface area contributed by atoms with Gasteiger partial charge in [-0.2, -0.15) is 13.7 Å². The summed E-state index contributed by atoms with van der Waals surface area (Å²) in [7, 11) is -4.13. The maximum atomic E-state index is 12.4. The summed E-state index contributed by atoms with van der Waals surface area (Å²) in [5.74, 6) is 0. The molecule has 0 aliphatic rings. The van der Waals surface area contributed by atoms with Gasteiger partial charge >= 0.3 is 6.03 Å². The Balaban J connectivity index is 1.81. The highest BCUT2D eigenvalue weighted by molar-refractivity contribution is 7.90. The van der Waals surface area contributed by atoms with Crippen molar-refractivity contribution < 1.29 is 13.2 Å². The Kier molecular flexibility index (Phi) is 5.61. The second-order valence-corrected chi connectivity index (χ2v) is 8.03. The fourth-order valence-corrected chi connectivity index (χ4v) is 3.41. The highest BCUT2D eigenvalue weighted by Gasteiger charge is 2.21. The van der Waals surface area contributed by atoms with E-state index >= 15 is 0 Å². The second kappa shape index (κ2) is 8.12. The van der Waals surface area contributed by atoms with Gasteiger partial charge in [-0.1, -0.05) is 18.2 Å². The van der Waals surface area contributed by atoms with Crippen molar-refractivity contribution in [2.75, 3.05) is 5.32 Å². The van der Waals surface area contributed by atoms with Crippen LogP contribution in [0, 0.1) is 11.3 Å². The Bertz CT molecular complexity index is 1190. The number of para-hydroxylation sites is 1. The van der Waals surface area contributed by atoms with Gasteiger partial charge in [-0.3, -0.25) is 0 Å². The average Bonchev–Trinajstić information content (AvgIpc) is 3.20. The van der Waals surface area contributed by atoms with Gasteiger partial charge in [0.05, 0.1) is 12.0 Å². The highest BCUT2D eigenvalue weighted by Crippen LogP contribution is 2.28. The molecule has 2 N–H and O–H groups in total. The molecule has 0 bridgehead atoms. The van der Waals surface area contributed by atoms with E-state index in [-0.39, 0.29) is 16.8 Å². The molecule has 10 heteroatoms. The van der Waals surface area contributed by atoms with Gasteiger partial charge in [0.1, 0.15) is 11.8 Å². The number of nitriles is 1. The van der Waals surface area contributed by atoms with E-state index in [0.717, 1.165) is 0 Å². The lowest BCUT2D eigenvalue weighted by Gasteiger charge is -2.12. The van der Waals surface area contributed by atoms with Crippen LogP contribution in [0.1, 0.15) is 25.6 Å². The third kappa shape index (κ3) is 4.59. The molecule has 0 aliphatic carbocycles. The zero-order chi connectivity index (χ0) is 21.0. The Morgan fingerprint density at radius 1 is 1.21 bits per heavy atom. The van der Waals surface area contributed by atoms with Crippen molar-refractivity contribution in [3.63, 3.8) is 0 Å². The van der Waals surface area contributed by atoms with Crippen molar-refractivity contribution in [3.05, 3.63) is 60.8 Å². The minimum Gasteiger partial charge on any atom is -0.334 e. The number of aromatic nitrogens is 3. The predicted octanol–water partition coefficient (Wildman–Crippen LogP) is 2.91. The smallest absolute Gasteiger partial charge is 0.333 e. The van der Waals surface area contributed by atoms with E-state index in [9.17, 15) is 13.2 Å². The first-order valence-corrected chi connectivity index (χ1v) is 10.1. The summed E-state index contributed by atoms with van der Waals surface area (Å²) in [6, 6.07) is 11.2. The molecule has 0 unspecified atom stereocenters. The fraction of sp³-hybridized carbons (Fsp3) is 0.158. The quantitative estimate of drug-likeness (QED) is 0.665. The normalized spacial score (nSPS) is 11.1. The van der Waals surface area contributed by atoms with Gasteiger partial charge in [-0.15, -0.1) is 0 Å². The number of pyridine rings is 1. The Morgan fingerprint density at radius 2 is 1.97 bits per heavy atom. The number of sulfonamides is 1. The van der Waals surface area contributed by atoms with E-state index in [1.807, 2.05) is 24.6 Å². The molecule has 0 radical (unpaired) electrons. The number of rotatable bonds is 5. The largest absolute Gasteiger partial charge is 0.334 e. The Hall–Kier alpha value is -3.71. The molecule has 0 atom stereocenters. The van der Waals surface area contributed by atoms with Crippen LogP contribution in [0.5, 0.6) is 0 Å². The van der Waals surface area contributed by atoms with Gasteiger partial charge in [0, 0.05) is 24.0 Å². The first kappa shape index (κ1) is 20.0. The van der Waals surface area contributed by atoms with Crippen LogP contribution in [0.15, 0.2) is 60.1 Å². The van der Waals surface area contributed by atoms with Crippen molar-refractivity contribution in [3.8, 4) is 17.2 Å². The molecule has 3 rings (SSSR count). The number of hydrogen-bond donors (Lipinski definition) is 2. The molecule has 0 fully saturated rings. The van der Waals surface area contributed by atoms with Crippen LogP contribution < -0.4 is 10.0 Å². The Labute approximate surface area is 168 Å². The number of urea groups is 1. The third-order valence-corrected chi connectivity index (χ3v) is 5.25. The molecule has 29 heavy (non-hydrogen) atoms. The Morgan fingerprint density at radius 3 is 2.66 bits per heavy atom. The number of anilines is 1. The molecule has 2 aromatic heterocycles. The molecule has 2 heterocycles. The van der Waals surface area contributed by atoms with E-state index in [1.54, 1.807) is 41.0 Å². The minimum atomic E-state index is -4.13. The van der Waals surface area contributed by atoms with Crippen molar-refractivity contribution in [2.45, 2.75) is 24.9 Å². The van der Waals surface area contributed by atoms with E-state index in [0.29, 0.717) is 16.8 Å². The van der Waals surface area contributed by atoms with Gasteiger partial charge in [-0.05, 0) is 37.6 Å². The van der Waals surface area contributed by atoms with Crippen LogP contribution in [0.2, 0.25) is 0 Å². The van der Waals surface area contributed by atoms with Gasteiger partial charge in [0.15, 0.2) is 5.03 Å². The molecular formula is C19H18N6O3S. The first-order valence-electron chi connectivity index (χ1n) is 8.63. The van der Waals surface area contributed by atoms with E-state index in [4.69, 9.17) is 5.26 Å². The summed E-state index contributed by atoms with van der Waals surface area (Å²) in [6.45, 7) is 3.76. The molecule has 1 aromatic carbocycles. The summed E-state index contributed by atoms with van der Waals surface area (Å²) in [5, 5.41) is 11.3. The lowest BCUT2D eigenvalue weighted by Crippen LogP contribution is -2.34. The standard InChI is InChI=1S/C19H18N6O3S/c1-13(2)25-11-18(22-12-25)29(27,28)24-19(26)23-17-6-4-3-5-16(17)14-7-8-21-15(9-14)10-20/h3-9,11-13H,1-2H3,(H2,23,24,26). The van der Waals surface area contributed by atoms with E-state index < -0.39 is 16.1 Å². The second-order valence-electron chi connectivity index (χ2n) is 6.40. The zero-order valence-electron chi connectivity index (χ0n) is 15.7. The SMILES string of the molecule is CC(C)n1cnc(S(=O)(=O)NC(=O)Nc2ccccc2-c2ccnc(C#N)c2)c1. The molecule has 0 aliphatic heterocycles. The lowest BCUT2D eigenvalue weighted by molar-refractivity contribution is 0.256. The van der Waals surface area contributed by atoms with Crippen molar-refractivity contribution >= 4 is 21.7 Å². The predicted molar refractivity (Wildman–Crippen MR) is 106 cm³/mol.